The monoisotopic (exact) mass is 161 g/mol. The van der Waals surface area contributed by atoms with Crippen molar-refractivity contribution in [3.05, 3.63) is 12.7 Å². The molecule has 0 radical (unpaired) electrons. The second-order valence-electron chi connectivity index (χ2n) is 2.61. The van der Waals surface area contributed by atoms with Crippen LogP contribution >= 0.6 is 0 Å². The quantitative estimate of drug-likeness (QED) is 0.452. The van der Waals surface area contributed by atoms with E-state index in [1.54, 1.807) is 13.8 Å². The Bertz CT molecular complexity index is 137. The zero-order valence-electron chi connectivity index (χ0n) is 6.89. The Morgan fingerprint density at radius 2 is 2.18 bits per heavy atom. The van der Waals surface area contributed by atoms with Crippen molar-refractivity contribution in [2.45, 2.75) is 19.4 Å². The lowest BCUT2D eigenvalue weighted by atomic mass is 10.1. The molecule has 0 aromatic heterocycles. The van der Waals surface area contributed by atoms with Gasteiger partial charge in [0.2, 0.25) is 0 Å². The zero-order valence-corrected chi connectivity index (χ0v) is 6.89. The molecule has 0 fully saturated rings. The van der Waals surface area contributed by atoms with Crippen LogP contribution in [0.5, 0.6) is 0 Å². The van der Waals surface area contributed by atoms with Gasteiger partial charge >= 0.3 is 5.97 Å². The van der Waals surface area contributed by atoms with Gasteiger partial charge in [-0.3, -0.25) is 4.79 Å². The van der Waals surface area contributed by atoms with Crippen LogP contribution in [0.3, 0.4) is 0 Å². The molecule has 4 nitrogen and oxygen atoms in total. The average Bonchev–Trinajstić information content (AvgIpc) is 1.80. The molecule has 0 heterocycles. The van der Waals surface area contributed by atoms with Crippen molar-refractivity contribution in [2.75, 3.05) is 6.61 Å². The summed E-state index contributed by atoms with van der Waals surface area (Å²) in [6.07, 6.45) is 1.50. The van der Waals surface area contributed by atoms with Gasteiger partial charge in [0.1, 0.15) is 12.1 Å². The molecule has 0 amide bonds. The van der Waals surface area contributed by atoms with Crippen LogP contribution in [0.4, 0.5) is 0 Å². The van der Waals surface area contributed by atoms with Gasteiger partial charge in [0.25, 0.3) is 0 Å². The van der Waals surface area contributed by atoms with Gasteiger partial charge in [0.15, 0.2) is 0 Å². The van der Waals surface area contributed by atoms with Gasteiger partial charge in [-0.05, 0) is 13.8 Å². The Balaban J connectivity index is 0. The van der Waals surface area contributed by atoms with E-state index in [0.29, 0.717) is 0 Å². The fourth-order valence-corrected chi connectivity index (χ4v) is 0.321. The third kappa shape index (κ3) is 5.57. The molecule has 0 saturated carbocycles. The van der Waals surface area contributed by atoms with Gasteiger partial charge in [-0.15, -0.1) is 0 Å². The van der Waals surface area contributed by atoms with Gasteiger partial charge < -0.3 is 15.9 Å². The number of esters is 1. The summed E-state index contributed by atoms with van der Waals surface area (Å²) in [6.45, 7) is 6.81. The molecular weight excluding hydrogens is 146 g/mol. The smallest absolute Gasteiger partial charge is 0.325 e. The van der Waals surface area contributed by atoms with E-state index in [9.17, 15) is 4.79 Å². The predicted octanol–water partition coefficient (Wildman–Crippen LogP) is -0.372. The number of rotatable bonds is 3. The van der Waals surface area contributed by atoms with Crippen LogP contribution in [0.1, 0.15) is 13.8 Å². The van der Waals surface area contributed by atoms with Crippen molar-refractivity contribution in [2.24, 2.45) is 5.73 Å². The van der Waals surface area contributed by atoms with Crippen molar-refractivity contribution >= 4 is 5.97 Å². The molecule has 66 valence electrons. The molecule has 0 aliphatic carbocycles. The molecule has 0 rings (SSSR count). The maximum Gasteiger partial charge on any atom is 0.325 e. The summed E-state index contributed by atoms with van der Waals surface area (Å²) in [7, 11) is 0. The first kappa shape index (κ1) is 12.8. The van der Waals surface area contributed by atoms with Crippen molar-refractivity contribution in [1.82, 2.24) is 0 Å². The fraction of sp³-hybridized carbons (Fsp3) is 0.571. The van der Waals surface area contributed by atoms with Crippen LogP contribution in [-0.2, 0) is 9.53 Å². The van der Waals surface area contributed by atoms with Crippen LogP contribution < -0.4 is 5.73 Å². The van der Waals surface area contributed by atoms with E-state index in [-0.39, 0.29) is 12.1 Å². The summed E-state index contributed by atoms with van der Waals surface area (Å²) in [6, 6.07) is 0. The molecule has 0 bridgehead atoms. The lowest BCUT2D eigenvalue weighted by molar-refractivity contribution is -0.147. The minimum atomic E-state index is -0.900. The summed E-state index contributed by atoms with van der Waals surface area (Å²) in [4.78, 5) is 10.8. The summed E-state index contributed by atoms with van der Waals surface area (Å²) >= 11 is 0. The highest BCUT2D eigenvalue weighted by molar-refractivity contribution is 5.79. The molecule has 0 aliphatic rings. The van der Waals surface area contributed by atoms with Crippen LogP contribution in [0.25, 0.3) is 0 Å². The highest BCUT2D eigenvalue weighted by Crippen LogP contribution is 1.99. The van der Waals surface area contributed by atoms with E-state index in [4.69, 9.17) is 5.73 Å². The summed E-state index contributed by atoms with van der Waals surface area (Å²) < 4.78 is 4.67. The van der Waals surface area contributed by atoms with Gasteiger partial charge in [-0.25, -0.2) is 0 Å². The number of ether oxygens (including phenoxy) is 1. The van der Waals surface area contributed by atoms with Gasteiger partial charge in [0, 0.05) is 0 Å². The Labute approximate surface area is 66.3 Å². The van der Waals surface area contributed by atoms with Crippen molar-refractivity contribution < 1.29 is 15.0 Å². The first-order chi connectivity index (χ1) is 4.48. The van der Waals surface area contributed by atoms with Crippen LogP contribution in [0.15, 0.2) is 12.7 Å². The number of hydrogen-bond acceptors (Lipinski definition) is 3. The summed E-state index contributed by atoms with van der Waals surface area (Å²) in [5, 5.41) is 0. The molecular formula is C7H15NO3. The summed E-state index contributed by atoms with van der Waals surface area (Å²) in [5.74, 6) is -0.410. The van der Waals surface area contributed by atoms with Gasteiger partial charge in [-0.2, -0.15) is 0 Å². The number of nitrogens with two attached hydrogens (primary N) is 1. The molecule has 4 heteroatoms. The highest BCUT2D eigenvalue weighted by atomic mass is 16.5. The predicted molar refractivity (Wildman–Crippen MR) is 43.0 cm³/mol. The van der Waals surface area contributed by atoms with Gasteiger partial charge in [-0.1, -0.05) is 12.7 Å². The summed E-state index contributed by atoms with van der Waals surface area (Å²) in [5.41, 5.74) is 4.51. The molecule has 0 atom stereocenters. The van der Waals surface area contributed by atoms with E-state index in [1.807, 2.05) is 0 Å². The fourth-order valence-electron chi connectivity index (χ4n) is 0.321. The minimum Gasteiger partial charge on any atom is -0.460 e. The van der Waals surface area contributed by atoms with E-state index in [0.717, 1.165) is 0 Å². The van der Waals surface area contributed by atoms with Crippen molar-refractivity contribution in [1.29, 1.82) is 0 Å². The number of carbonyl (C=O) groups excluding carboxylic acids is 1. The Kier molecular flexibility index (Phi) is 5.66. The second kappa shape index (κ2) is 4.87. The first-order valence-electron chi connectivity index (χ1n) is 3.05. The van der Waals surface area contributed by atoms with E-state index < -0.39 is 11.5 Å². The van der Waals surface area contributed by atoms with Crippen LogP contribution in [0, 0.1) is 0 Å². The highest BCUT2D eigenvalue weighted by Gasteiger charge is 2.22. The lowest BCUT2D eigenvalue weighted by Crippen LogP contribution is -2.42. The molecule has 0 saturated heterocycles. The first-order valence-corrected chi connectivity index (χ1v) is 3.05. The maximum atomic E-state index is 10.8. The van der Waals surface area contributed by atoms with Crippen LogP contribution in [0.2, 0.25) is 0 Å². The molecule has 11 heavy (non-hydrogen) atoms. The normalized spacial score (nSPS) is 9.73. The Morgan fingerprint density at radius 1 is 1.73 bits per heavy atom. The molecule has 0 spiro atoms. The topological polar surface area (TPSA) is 83.8 Å². The molecule has 0 aromatic carbocycles. The third-order valence-corrected chi connectivity index (χ3v) is 0.858. The average molecular weight is 161 g/mol. The molecule has 0 aromatic rings. The Morgan fingerprint density at radius 3 is 2.45 bits per heavy atom. The number of carbonyl (C=O) groups is 1. The van der Waals surface area contributed by atoms with Crippen molar-refractivity contribution in [3.63, 3.8) is 0 Å². The minimum absolute atomic E-state index is 0. The zero-order chi connectivity index (χ0) is 8.20. The largest absolute Gasteiger partial charge is 0.460 e. The molecule has 4 N–H and O–H groups in total. The lowest BCUT2D eigenvalue weighted by Gasteiger charge is -2.15. The molecule has 0 aliphatic heterocycles. The Hall–Kier alpha value is -0.870. The van der Waals surface area contributed by atoms with E-state index in [2.05, 4.69) is 11.3 Å². The van der Waals surface area contributed by atoms with E-state index >= 15 is 0 Å². The number of hydrogen-bond donors (Lipinski definition) is 1. The standard InChI is InChI=1S/C7H13NO2.H2O/c1-4-5-10-6(9)7(2,3)8;/h4H,1,5,8H2,2-3H3;1H2. The van der Waals surface area contributed by atoms with Crippen LogP contribution in [-0.4, -0.2) is 23.6 Å². The third-order valence-electron chi connectivity index (χ3n) is 0.858. The van der Waals surface area contributed by atoms with Gasteiger partial charge in [0.05, 0.1) is 0 Å². The second-order valence-corrected chi connectivity index (χ2v) is 2.61. The molecule has 0 unspecified atom stereocenters. The van der Waals surface area contributed by atoms with Crippen molar-refractivity contribution in [3.8, 4) is 0 Å². The SMILES string of the molecule is C=CCOC(=O)C(C)(C)N.O. The van der Waals surface area contributed by atoms with E-state index in [1.165, 1.54) is 6.08 Å². The maximum absolute atomic E-state index is 10.8.